The van der Waals surface area contributed by atoms with Crippen LogP contribution in [0.15, 0.2) is 0 Å². The number of hydrogen-bond acceptors (Lipinski definition) is 3. The molecule has 0 spiro atoms. The Morgan fingerprint density at radius 1 is 1.28 bits per heavy atom. The summed E-state index contributed by atoms with van der Waals surface area (Å²) in [7, 11) is 3.48. The first-order valence-electron chi connectivity index (χ1n) is 6.66. The molecule has 1 aliphatic heterocycles. The molecule has 1 saturated heterocycles. The monoisotopic (exact) mass is 255 g/mol. The van der Waals surface area contributed by atoms with Crippen LogP contribution in [0.2, 0.25) is 0 Å². The molecule has 2 atom stereocenters. The quantitative estimate of drug-likeness (QED) is 0.794. The highest BCUT2D eigenvalue weighted by molar-refractivity contribution is 5.79. The van der Waals surface area contributed by atoms with Crippen LogP contribution in [0.4, 0.5) is 0 Å². The van der Waals surface area contributed by atoms with Gasteiger partial charge in [-0.2, -0.15) is 0 Å². The van der Waals surface area contributed by atoms with Gasteiger partial charge in [-0.05, 0) is 20.3 Å². The fourth-order valence-electron chi connectivity index (χ4n) is 2.17. The third-order valence-corrected chi connectivity index (χ3v) is 3.63. The van der Waals surface area contributed by atoms with E-state index in [1.807, 2.05) is 4.90 Å². The van der Waals surface area contributed by atoms with Crippen LogP contribution in [0.3, 0.4) is 0 Å². The van der Waals surface area contributed by atoms with Crippen LogP contribution >= 0.6 is 0 Å². The molecule has 0 aromatic rings. The molecular formula is C13H25N3O2. The molecule has 0 radical (unpaired) electrons. The first-order valence-corrected chi connectivity index (χ1v) is 6.66. The predicted octanol–water partition coefficient (Wildman–Crippen LogP) is 0.454. The van der Waals surface area contributed by atoms with Gasteiger partial charge < -0.3 is 15.1 Å². The van der Waals surface area contributed by atoms with Crippen LogP contribution in [0, 0.1) is 0 Å². The SMILES string of the molecule is CC1NCCN(C(=O)CCCC(=O)N(C)C)C1C. The van der Waals surface area contributed by atoms with Gasteiger partial charge in [0.1, 0.15) is 0 Å². The minimum atomic E-state index is 0.0875. The highest BCUT2D eigenvalue weighted by Gasteiger charge is 2.27. The number of carbonyl (C=O) groups is 2. The summed E-state index contributed by atoms with van der Waals surface area (Å²) in [6.45, 7) is 5.79. The second-order valence-electron chi connectivity index (χ2n) is 5.21. The van der Waals surface area contributed by atoms with Gasteiger partial charge in [-0.1, -0.05) is 0 Å². The van der Waals surface area contributed by atoms with Crippen LogP contribution in [-0.4, -0.2) is 60.9 Å². The van der Waals surface area contributed by atoms with Crippen molar-refractivity contribution in [2.24, 2.45) is 0 Å². The van der Waals surface area contributed by atoms with Crippen LogP contribution in [0.25, 0.3) is 0 Å². The van der Waals surface area contributed by atoms with Crippen LogP contribution < -0.4 is 5.32 Å². The number of amides is 2. The third kappa shape index (κ3) is 3.98. The zero-order valence-corrected chi connectivity index (χ0v) is 11.9. The minimum Gasteiger partial charge on any atom is -0.349 e. The van der Waals surface area contributed by atoms with Crippen molar-refractivity contribution >= 4 is 11.8 Å². The summed E-state index contributed by atoms with van der Waals surface area (Å²) in [6.07, 6.45) is 1.56. The topological polar surface area (TPSA) is 52.7 Å². The number of rotatable bonds is 4. The fourth-order valence-corrected chi connectivity index (χ4v) is 2.17. The molecule has 0 aliphatic carbocycles. The van der Waals surface area contributed by atoms with Crippen molar-refractivity contribution in [1.82, 2.24) is 15.1 Å². The minimum absolute atomic E-state index is 0.0875. The first kappa shape index (κ1) is 15.0. The molecule has 1 aliphatic rings. The summed E-state index contributed by atoms with van der Waals surface area (Å²) in [5.41, 5.74) is 0. The molecule has 0 aromatic carbocycles. The lowest BCUT2D eigenvalue weighted by Gasteiger charge is -2.38. The van der Waals surface area contributed by atoms with Crippen molar-refractivity contribution in [2.45, 2.75) is 45.2 Å². The number of nitrogens with zero attached hydrogens (tertiary/aromatic N) is 2. The average Bonchev–Trinajstić information content (AvgIpc) is 2.32. The Labute approximate surface area is 110 Å². The Bertz CT molecular complexity index is 305. The van der Waals surface area contributed by atoms with Gasteiger partial charge in [0.05, 0.1) is 0 Å². The summed E-state index contributed by atoms with van der Waals surface area (Å²) in [5, 5.41) is 3.35. The summed E-state index contributed by atoms with van der Waals surface area (Å²) < 4.78 is 0. The average molecular weight is 255 g/mol. The Morgan fingerprint density at radius 3 is 2.56 bits per heavy atom. The molecule has 1 rings (SSSR count). The molecule has 0 saturated carbocycles. The van der Waals surface area contributed by atoms with E-state index in [1.54, 1.807) is 19.0 Å². The van der Waals surface area contributed by atoms with Gasteiger partial charge >= 0.3 is 0 Å². The van der Waals surface area contributed by atoms with Gasteiger partial charge in [0.15, 0.2) is 0 Å². The van der Waals surface area contributed by atoms with E-state index in [0.29, 0.717) is 25.3 Å². The third-order valence-electron chi connectivity index (χ3n) is 3.63. The van der Waals surface area contributed by atoms with Crippen LogP contribution in [-0.2, 0) is 9.59 Å². The van der Waals surface area contributed by atoms with E-state index in [1.165, 1.54) is 0 Å². The lowest BCUT2D eigenvalue weighted by atomic mass is 10.1. The standard InChI is InChI=1S/C13H25N3O2/c1-10-11(2)16(9-8-14-10)13(18)7-5-6-12(17)15(3)4/h10-11,14H,5-9H2,1-4H3. The Hall–Kier alpha value is -1.10. The van der Waals surface area contributed by atoms with Gasteiger partial charge in [-0.25, -0.2) is 0 Å². The lowest BCUT2D eigenvalue weighted by Crippen LogP contribution is -2.57. The summed E-state index contributed by atoms with van der Waals surface area (Å²) in [4.78, 5) is 27.0. The zero-order chi connectivity index (χ0) is 13.7. The highest BCUT2D eigenvalue weighted by Crippen LogP contribution is 2.12. The van der Waals surface area contributed by atoms with Crippen molar-refractivity contribution in [3.63, 3.8) is 0 Å². The molecular weight excluding hydrogens is 230 g/mol. The highest BCUT2D eigenvalue weighted by atomic mass is 16.2. The molecule has 1 N–H and O–H groups in total. The molecule has 2 amide bonds. The van der Waals surface area contributed by atoms with Crippen molar-refractivity contribution in [3.8, 4) is 0 Å². The van der Waals surface area contributed by atoms with Gasteiger partial charge in [-0.3, -0.25) is 9.59 Å². The van der Waals surface area contributed by atoms with E-state index in [9.17, 15) is 9.59 Å². The van der Waals surface area contributed by atoms with E-state index in [2.05, 4.69) is 19.2 Å². The number of nitrogens with one attached hydrogen (secondary N) is 1. The predicted molar refractivity (Wildman–Crippen MR) is 71.2 cm³/mol. The van der Waals surface area contributed by atoms with E-state index in [-0.39, 0.29) is 17.9 Å². The normalized spacial score (nSPS) is 23.9. The van der Waals surface area contributed by atoms with Crippen LogP contribution in [0.5, 0.6) is 0 Å². The molecule has 5 heteroatoms. The summed E-state index contributed by atoms with van der Waals surface area (Å²) >= 11 is 0. The zero-order valence-electron chi connectivity index (χ0n) is 11.9. The van der Waals surface area contributed by atoms with E-state index < -0.39 is 0 Å². The molecule has 1 heterocycles. The van der Waals surface area contributed by atoms with Crippen molar-refractivity contribution in [3.05, 3.63) is 0 Å². The number of carbonyl (C=O) groups excluding carboxylic acids is 2. The molecule has 104 valence electrons. The molecule has 5 nitrogen and oxygen atoms in total. The van der Waals surface area contributed by atoms with E-state index in [4.69, 9.17) is 0 Å². The molecule has 1 fully saturated rings. The largest absolute Gasteiger partial charge is 0.349 e. The summed E-state index contributed by atoms with van der Waals surface area (Å²) in [5.74, 6) is 0.256. The fraction of sp³-hybridized carbons (Fsp3) is 0.846. The van der Waals surface area contributed by atoms with Gasteiger partial charge in [0.2, 0.25) is 11.8 Å². The first-order chi connectivity index (χ1) is 8.43. The number of piperazine rings is 1. The van der Waals surface area contributed by atoms with Crippen molar-refractivity contribution in [1.29, 1.82) is 0 Å². The molecule has 0 bridgehead atoms. The lowest BCUT2D eigenvalue weighted by molar-refractivity contribution is -0.135. The Kier molecular flexibility index (Phi) is 5.59. The van der Waals surface area contributed by atoms with Gasteiger partial charge in [0.25, 0.3) is 0 Å². The maximum atomic E-state index is 12.1. The maximum absolute atomic E-state index is 12.1. The second-order valence-corrected chi connectivity index (χ2v) is 5.21. The van der Waals surface area contributed by atoms with Crippen molar-refractivity contribution in [2.75, 3.05) is 27.2 Å². The molecule has 2 unspecified atom stereocenters. The van der Waals surface area contributed by atoms with Crippen molar-refractivity contribution < 1.29 is 9.59 Å². The van der Waals surface area contributed by atoms with E-state index in [0.717, 1.165) is 13.1 Å². The smallest absolute Gasteiger partial charge is 0.222 e. The Morgan fingerprint density at radius 2 is 1.94 bits per heavy atom. The van der Waals surface area contributed by atoms with E-state index >= 15 is 0 Å². The van der Waals surface area contributed by atoms with Gasteiger partial charge in [-0.15, -0.1) is 0 Å². The second kappa shape index (κ2) is 6.73. The maximum Gasteiger partial charge on any atom is 0.222 e. The number of hydrogen-bond donors (Lipinski definition) is 1. The molecule has 18 heavy (non-hydrogen) atoms. The van der Waals surface area contributed by atoms with Gasteiger partial charge in [0, 0.05) is 52.1 Å². The molecule has 0 aromatic heterocycles. The summed E-state index contributed by atoms with van der Waals surface area (Å²) in [6, 6.07) is 0.571. The van der Waals surface area contributed by atoms with Crippen LogP contribution in [0.1, 0.15) is 33.1 Å². The Balaban J connectivity index is 2.34.